The van der Waals surface area contributed by atoms with Gasteiger partial charge in [0.1, 0.15) is 0 Å². The van der Waals surface area contributed by atoms with Crippen molar-refractivity contribution in [1.29, 1.82) is 0 Å². The number of hydrogen-bond acceptors (Lipinski definition) is 2. The molecular weight excluding hydrogens is 140 g/mol. The summed E-state index contributed by atoms with van der Waals surface area (Å²) in [5.41, 5.74) is -0.230. The molecule has 0 aromatic rings. The first kappa shape index (κ1) is 8.47. The molecule has 2 atom stereocenters. The van der Waals surface area contributed by atoms with Gasteiger partial charge in [0.15, 0.2) is 5.78 Å². The Morgan fingerprint density at radius 1 is 1.82 bits per heavy atom. The first-order valence-electron chi connectivity index (χ1n) is 3.97. The Morgan fingerprint density at radius 2 is 2.45 bits per heavy atom. The number of aliphatic hydroxyl groups excluding tert-OH is 1. The third-order valence-electron chi connectivity index (χ3n) is 2.56. The van der Waals surface area contributed by atoms with Crippen molar-refractivity contribution < 1.29 is 9.90 Å². The summed E-state index contributed by atoms with van der Waals surface area (Å²) in [6, 6.07) is 0. The highest BCUT2D eigenvalue weighted by Crippen LogP contribution is 2.33. The molecule has 0 aromatic carbocycles. The Labute approximate surface area is 66.9 Å². The van der Waals surface area contributed by atoms with Crippen molar-refractivity contribution in [3.05, 3.63) is 12.2 Å². The maximum absolute atomic E-state index is 11.0. The van der Waals surface area contributed by atoms with E-state index in [4.69, 9.17) is 0 Å². The molecule has 0 bridgehead atoms. The van der Waals surface area contributed by atoms with Crippen molar-refractivity contribution in [2.45, 2.75) is 32.8 Å². The first-order valence-corrected chi connectivity index (χ1v) is 3.97. The van der Waals surface area contributed by atoms with E-state index < -0.39 is 6.10 Å². The highest BCUT2D eigenvalue weighted by atomic mass is 16.3. The van der Waals surface area contributed by atoms with Gasteiger partial charge in [-0.2, -0.15) is 0 Å². The maximum Gasteiger partial charge on any atom is 0.156 e. The molecule has 0 amide bonds. The fraction of sp³-hybridized carbons (Fsp3) is 0.667. The third-order valence-corrected chi connectivity index (χ3v) is 2.56. The van der Waals surface area contributed by atoms with E-state index in [1.54, 1.807) is 6.08 Å². The lowest BCUT2D eigenvalue weighted by Crippen LogP contribution is -2.35. The lowest BCUT2D eigenvalue weighted by atomic mass is 9.74. The topological polar surface area (TPSA) is 37.3 Å². The van der Waals surface area contributed by atoms with Crippen LogP contribution >= 0.6 is 0 Å². The second-order valence-corrected chi connectivity index (χ2v) is 3.45. The van der Waals surface area contributed by atoms with Crippen molar-refractivity contribution in [2.75, 3.05) is 0 Å². The van der Waals surface area contributed by atoms with E-state index in [0.717, 1.165) is 6.42 Å². The molecule has 0 fully saturated rings. The lowest BCUT2D eigenvalue weighted by Gasteiger charge is -2.33. The third kappa shape index (κ3) is 1.51. The van der Waals surface area contributed by atoms with E-state index in [2.05, 4.69) is 0 Å². The van der Waals surface area contributed by atoms with Crippen molar-refractivity contribution >= 4 is 5.78 Å². The summed E-state index contributed by atoms with van der Waals surface area (Å²) in [6.45, 7) is 3.94. The molecule has 1 rings (SSSR count). The second-order valence-electron chi connectivity index (χ2n) is 3.45. The van der Waals surface area contributed by atoms with Crippen molar-refractivity contribution in [3.8, 4) is 0 Å². The largest absolute Gasteiger partial charge is 0.388 e. The van der Waals surface area contributed by atoms with E-state index in [0.29, 0.717) is 6.42 Å². The summed E-state index contributed by atoms with van der Waals surface area (Å²) >= 11 is 0. The van der Waals surface area contributed by atoms with Gasteiger partial charge >= 0.3 is 0 Å². The summed E-state index contributed by atoms with van der Waals surface area (Å²) in [4.78, 5) is 11.0. The molecule has 11 heavy (non-hydrogen) atoms. The standard InChI is InChI=1S/C9H14O2/c1-3-9(2)6-7(10)4-5-8(9)11/h4-5,8,11H,3,6H2,1-2H3/t8-,9+/m1/s1. The number of carbonyl (C=O) groups excluding carboxylic acids is 1. The molecule has 0 saturated heterocycles. The minimum Gasteiger partial charge on any atom is -0.388 e. The van der Waals surface area contributed by atoms with Gasteiger partial charge in [-0.15, -0.1) is 0 Å². The Hall–Kier alpha value is -0.630. The number of hydrogen-bond donors (Lipinski definition) is 1. The van der Waals surface area contributed by atoms with Crippen LogP contribution in [0.3, 0.4) is 0 Å². The van der Waals surface area contributed by atoms with Gasteiger partial charge in [-0.05, 0) is 12.5 Å². The summed E-state index contributed by atoms with van der Waals surface area (Å²) in [5, 5.41) is 9.51. The molecule has 0 saturated carbocycles. The van der Waals surface area contributed by atoms with E-state index in [1.807, 2.05) is 13.8 Å². The average molecular weight is 154 g/mol. The van der Waals surface area contributed by atoms with Crippen molar-refractivity contribution in [1.82, 2.24) is 0 Å². The minimum atomic E-state index is -0.454. The van der Waals surface area contributed by atoms with E-state index in [-0.39, 0.29) is 11.2 Å². The molecule has 1 aliphatic rings. The van der Waals surface area contributed by atoms with Crippen LogP contribution in [0.15, 0.2) is 12.2 Å². The fourth-order valence-corrected chi connectivity index (χ4v) is 1.33. The average Bonchev–Trinajstić information content (AvgIpc) is 1.98. The molecule has 62 valence electrons. The van der Waals surface area contributed by atoms with Gasteiger partial charge in [-0.25, -0.2) is 0 Å². The molecular formula is C9H14O2. The highest BCUT2D eigenvalue weighted by Gasteiger charge is 2.34. The normalized spacial score (nSPS) is 37.7. The molecule has 0 unspecified atom stereocenters. The zero-order chi connectivity index (χ0) is 8.48. The Balaban J connectivity index is 2.83. The van der Waals surface area contributed by atoms with E-state index >= 15 is 0 Å². The fourth-order valence-electron chi connectivity index (χ4n) is 1.33. The van der Waals surface area contributed by atoms with Gasteiger partial charge in [-0.1, -0.05) is 19.9 Å². The van der Waals surface area contributed by atoms with Crippen molar-refractivity contribution in [3.63, 3.8) is 0 Å². The molecule has 1 aliphatic carbocycles. The van der Waals surface area contributed by atoms with Crippen LogP contribution < -0.4 is 0 Å². The zero-order valence-corrected chi connectivity index (χ0v) is 7.00. The van der Waals surface area contributed by atoms with Gasteiger partial charge in [-0.3, -0.25) is 4.79 Å². The summed E-state index contributed by atoms with van der Waals surface area (Å²) < 4.78 is 0. The zero-order valence-electron chi connectivity index (χ0n) is 7.00. The molecule has 2 nitrogen and oxygen atoms in total. The van der Waals surface area contributed by atoms with Crippen LogP contribution in [0, 0.1) is 5.41 Å². The summed E-state index contributed by atoms with van der Waals surface area (Å²) in [7, 11) is 0. The molecule has 0 aromatic heterocycles. The molecule has 0 spiro atoms. The monoisotopic (exact) mass is 154 g/mol. The Bertz CT molecular complexity index is 196. The first-order chi connectivity index (χ1) is 5.08. The molecule has 2 heteroatoms. The van der Waals surface area contributed by atoms with Crippen LogP contribution in [-0.4, -0.2) is 17.0 Å². The van der Waals surface area contributed by atoms with E-state index in [1.165, 1.54) is 6.08 Å². The summed E-state index contributed by atoms with van der Waals surface area (Å²) in [6.07, 6.45) is 3.92. The van der Waals surface area contributed by atoms with Crippen LogP contribution in [-0.2, 0) is 4.79 Å². The molecule has 1 N–H and O–H groups in total. The van der Waals surface area contributed by atoms with Crippen LogP contribution in [0.1, 0.15) is 26.7 Å². The lowest BCUT2D eigenvalue weighted by molar-refractivity contribution is -0.119. The van der Waals surface area contributed by atoms with Gasteiger partial charge in [0, 0.05) is 11.8 Å². The number of aliphatic hydroxyl groups is 1. The van der Waals surface area contributed by atoms with Gasteiger partial charge < -0.3 is 5.11 Å². The van der Waals surface area contributed by atoms with Gasteiger partial charge in [0.25, 0.3) is 0 Å². The van der Waals surface area contributed by atoms with Crippen LogP contribution in [0.25, 0.3) is 0 Å². The number of ketones is 1. The molecule has 0 radical (unpaired) electrons. The van der Waals surface area contributed by atoms with Gasteiger partial charge in [0.05, 0.1) is 6.10 Å². The molecule has 0 heterocycles. The van der Waals surface area contributed by atoms with Crippen molar-refractivity contribution in [2.24, 2.45) is 5.41 Å². The quantitative estimate of drug-likeness (QED) is 0.618. The smallest absolute Gasteiger partial charge is 0.156 e. The van der Waals surface area contributed by atoms with Gasteiger partial charge in [0.2, 0.25) is 0 Å². The maximum atomic E-state index is 11.0. The Morgan fingerprint density at radius 3 is 2.91 bits per heavy atom. The Kier molecular flexibility index (Phi) is 2.14. The number of rotatable bonds is 1. The van der Waals surface area contributed by atoms with E-state index in [9.17, 15) is 9.90 Å². The number of carbonyl (C=O) groups is 1. The minimum absolute atomic E-state index is 0.125. The molecule has 0 aliphatic heterocycles. The highest BCUT2D eigenvalue weighted by molar-refractivity contribution is 5.91. The second kappa shape index (κ2) is 2.78. The SMILES string of the molecule is CC[C@@]1(C)CC(=O)C=C[C@H]1O. The number of allylic oxidation sites excluding steroid dienone is 1. The van der Waals surface area contributed by atoms with Crippen LogP contribution in [0.2, 0.25) is 0 Å². The predicted octanol–water partition coefficient (Wildman–Crippen LogP) is 1.29. The van der Waals surface area contributed by atoms with Crippen LogP contribution in [0.5, 0.6) is 0 Å². The predicted molar refractivity (Wildman–Crippen MR) is 43.2 cm³/mol. The van der Waals surface area contributed by atoms with Crippen LogP contribution in [0.4, 0.5) is 0 Å². The summed E-state index contributed by atoms with van der Waals surface area (Å²) in [5.74, 6) is 0.125.